The molecule has 0 saturated heterocycles. The Kier molecular flexibility index (Phi) is 2.97. The van der Waals surface area contributed by atoms with E-state index in [1.54, 1.807) is 0 Å². The van der Waals surface area contributed by atoms with Crippen molar-refractivity contribution in [2.45, 2.75) is 4.90 Å². The van der Waals surface area contributed by atoms with Crippen LogP contribution < -0.4 is 10.9 Å². The van der Waals surface area contributed by atoms with Crippen LogP contribution in [0.3, 0.4) is 0 Å². The first-order valence-corrected chi connectivity index (χ1v) is 5.44. The molecule has 0 spiro atoms. The zero-order chi connectivity index (χ0) is 13.4. The molecule has 0 radical (unpaired) electrons. The third-order valence-corrected chi connectivity index (χ3v) is 2.77. The first-order valence-electron chi connectivity index (χ1n) is 3.89. The molecular formula is C6H6N4O6S. The van der Waals surface area contributed by atoms with Crippen LogP contribution in [0.25, 0.3) is 0 Å². The number of nitrogens with zero attached hydrogens (tertiary/aromatic N) is 2. The van der Waals surface area contributed by atoms with Crippen molar-refractivity contribution in [3.8, 4) is 0 Å². The summed E-state index contributed by atoms with van der Waals surface area (Å²) in [5, 5.41) is 25.8. The van der Waals surface area contributed by atoms with Gasteiger partial charge in [-0.1, -0.05) is 0 Å². The van der Waals surface area contributed by atoms with Crippen LogP contribution in [0, 0.1) is 20.2 Å². The molecule has 92 valence electrons. The van der Waals surface area contributed by atoms with Gasteiger partial charge in [-0.3, -0.25) is 20.2 Å². The largest absolute Gasteiger partial charge is 0.392 e. The second kappa shape index (κ2) is 3.95. The lowest BCUT2D eigenvalue weighted by molar-refractivity contribution is -0.393. The number of benzene rings is 1. The van der Waals surface area contributed by atoms with Crippen molar-refractivity contribution in [3.63, 3.8) is 0 Å². The Morgan fingerprint density at radius 1 is 1.12 bits per heavy atom. The zero-order valence-corrected chi connectivity index (χ0v) is 8.88. The molecule has 0 bridgehead atoms. The van der Waals surface area contributed by atoms with E-state index in [9.17, 15) is 28.6 Å². The first-order chi connectivity index (χ1) is 7.64. The summed E-state index contributed by atoms with van der Waals surface area (Å²) in [6.45, 7) is 0. The summed E-state index contributed by atoms with van der Waals surface area (Å²) in [5.41, 5.74) is 2.81. The summed E-state index contributed by atoms with van der Waals surface area (Å²) in [4.78, 5) is 18.2. The van der Waals surface area contributed by atoms with Gasteiger partial charge >= 0.3 is 0 Å². The normalized spacial score (nSPS) is 11.1. The van der Waals surface area contributed by atoms with Crippen LogP contribution in [-0.4, -0.2) is 18.3 Å². The van der Waals surface area contributed by atoms with Crippen molar-refractivity contribution in [1.82, 2.24) is 0 Å². The second-order valence-electron chi connectivity index (χ2n) is 2.94. The van der Waals surface area contributed by atoms with Crippen LogP contribution in [0.2, 0.25) is 0 Å². The highest BCUT2D eigenvalue weighted by atomic mass is 32.2. The monoisotopic (exact) mass is 262 g/mol. The number of nitro benzene ring substituents is 2. The maximum atomic E-state index is 11.1. The van der Waals surface area contributed by atoms with E-state index in [0.29, 0.717) is 12.1 Å². The number of sulfonamides is 1. The van der Waals surface area contributed by atoms with Crippen LogP contribution in [-0.2, 0) is 10.0 Å². The van der Waals surface area contributed by atoms with Gasteiger partial charge in [-0.05, 0) is 0 Å². The highest BCUT2D eigenvalue weighted by Crippen LogP contribution is 2.32. The number of anilines is 1. The second-order valence-corrected chi connectivity index (χ2v) is 4.47. The maximum absolute atomic E-state index is 11.1. The topological polar surface area (TPSA) is 172 Å². The highest BCUT2D eigenvalue weighted by Gasteiger charge is 2.27. The van der Waals surface area contributed by atoms with Gasteiger partial charge in [0.15, 0.2) is 0 Å². The molecule has 11 heteroatoms. The minimum Gasteiger partial charge on any atom is -0.392 e. The minimum absolute atomic E-state index is 0.560. The Labute approximate surface area is 94.2 Å². The van der Waals surface area contributed by atoms with Gasteiger partial charge in [-0.2, -0.15) is 0 Å². The third kappa shape index (κ3) is 2.46. The Balaban J connectivity index is 3.73. The first kappa shape index (κ1) is 12.8. The summed E-state index contributed by atoms with van der Waals surface area (Å²) in [7, 11) is -4.38. The average Bonchev–Trinajstić information content (AvgIpc) is 2.15. The molecule has 0 aromatic heterocycles. The smallest absolute Gasteiger partial charge is 0.300 e. The molecule has 0 amide bonds. The SMILES string of the molecule is Nc1c([N+](=O)[O-])cc([N+](=O)[O-])cc1S(N)(=O)=O. The summed E-state index contributed by atoms with van der Waals surface area (Å²) < 4.78 is 22.1. The highest BCUT2D eigenvalue weighted by molar-refractivity contribution is 7.89. The number of non-ortho nitro benzene ring substituents is 1. The standard InChI is InChI=1S/C6H6N4O6S/c7-6-4(10(13)14)1-3(9(11)12)2-5(6)17(8,15)16/h1-2H,7H2,(H2,8,15,16). The quantitative estimate of drug-likeness (QED) is 0.428. The summed E-state index contributed by atoms with van der Waals surface area (Å²) in [6, 6.07) is 1.13. The van der Waals surface area contributed by atoms with Gasteiger partial charge in [0.05, 0.1) is 15.9 Å². The molecule has 17 heavy (non-hydrogen) atoms. The van der Waals surface area contributed by atoms with Crippen LogP contribution in [0.1, 0.15) is 0 Å². The lowest BCUT2D eigenvalue weighted by Crippen LogP contribution is -2.15. The molecule has 4 N–H and O–H groups in total. The summed E-state index contributed by atoms with van der Waals surface area (Å²) in [6.07, 6.45) is 0. The molecule has 1 aromatic rings. The molecule has 0 atom stereocenters. The fraction of sp³-hybridized carbons (Fsp3) is 0. The fourth-order valence-corrected chi connectivity index (χ4v) is 1.79. The van der Waals surface area contributed by atoms with Gasteiger partial charge in [0.2, 0.25) is 10.0 Å². The Hall–Kier alpha value is -2.27. The number of hydrogen-bond donors (Lipinski definition) is 2. The van der Waals surface area contributed by atoms with Gasteiger partial charge in [-0.15, -0.1) is 0 Å². The van der Waals surface area contributed by atoms with E-state index < -0.39 is 41.8 Å². The van der Waals surface area contributed by atoms with Crippen molar-refractivity contribution >= 4 is 27.1 Å². The zero-order valence-electron chi connectivity index (χ0n) is 8.06. The lowest BCUT2D eigenvalue weighted by atomic mass is 10.2. The van der Waals surface area contributed by atoms with Crippen molar-refractivity contribution in [1.29, 1.82) is 0 Å². The summed E-state index contributed by atoms with van der Waals surface area (Å²) >= 11 is 0. The number of hydrogen-bond acceptors (Lipinski definition) is 7. The Bertz CT molecular complexity index is 609. The van der Waals surface area contributed by atoms with Gasteiger partial charge in [0.25, 0.3) is 11.4 Å². The number of primary sulfonamides is 1. The van der Waals surface area contributed by atoms with Gasteiger partial charge in [0, 0.05) is 6.07 Å². The minimum atomic E-state index is -4.38. The van der Waals surface area contributed by atoms with Crippen molar-refractivity contribution < 1.29 is 18.3 Å². The maximum Gasteiger partial charge on any atom is 0.300 e. The molecule has 0 fully saturated rings. The molecular weight excluding hydrogens is 256 g/mol. The molecule has 0 unspecified atom stereocenters. The number of nitrogens with two attached hydrogens (primary N) is 2. The van der Waals surface area contributed by atoms with Crippen LogP contribution >= 0.6 is 0 Å². The fourth-order valence-electron chi connectivity index (χ4n) is 1.09. The molecule has 10 nitrogen and oxygen atoms in total. The van der Waals surface area contributed by atoms with Crippen molar-refractivity contribution in [3.05, 3.63) is 32.4 Å². The van der Waals surface area contributed by atoms with E-state index in [2.05, 4.69) is 0 Å². The third-order valence-electron chi connectivity index (χ3n) is 1.82. The molecule has 0 aliphatic rings. The van der Waals surface area contributed by atoms with E-state index in [1.165, 1.54) is 0 Å². The van der Waals surface area contributed by atoms with E-state index in [4.69, 9.17) is 10.9 Å². The van der Waals surface area contributed by atoms with Crippen molar-refractivity contribution in [2.24, 2.45) is 5.14 Å². The lowest BCUT2D eigenvalue weighted by Gasteiger charge is -2.03. The van der Waals surface area contributed by atoms with E-state index >= 15 is 0 Å². The molecule has 0 aliphatic heterocycles. The van der Waals surface area contributed by atoms with Crippen LogP contribution in [0.5, 0.6) is 0 Å². The van der Waals surface area contributed by atoms with Gasteiger partial charge in [-0.25, -0.2) is 13.6 Å². The van der Waals surface area contributed by atoms with E-state index in [-0.39, 0.29) is 0 Å². The number of rotatable bonds is 3. The molecule has 0 saturated carbocycles. The molecule has 0 heterocycles. The number of nitro groups is 2. The van der Waals surface area contributed by atoms with Crippen LogP contribution in [0.4, 0.5) is 17.1 Å². The molecule has 0 aliphatic carbocycles. The predicted molar refractivity (Wildman–Crippen MR) is 55.5 cm³/mol. The number of nitrogen functional groups attached to an aromatic ring is 1. The molecule has 1 rings (SSSR count). The van der Waals surface area contributed by atoms with Gasteiger partial charge in [0.1, 0.15) is 10.6 Å². The predicted octanol–water partition coefficient (Wildman–Crippen LogP) is -0.267. The Morgan fingerprint density at radius 3 is 2.00 bits per heavy atom. The van der Waals surface area contributed by atoms with Gasteiger partial charge < -0.3 is 5.73 Å². The van der Waals surface area contributed by atoms with E-state index in [0.717, 1.165) is 0 Å². The Morgan fingerprint density at radius 2 is 1.65 bits per heavy atom. The average molecular weight is 262 g/mol. The van der Waals surface area contributed by atoms with Crippen molar-refractivity contribution in [2.75, 3.05) is 5.73 Å². The van der Waals surface area contributed by atoms with E-state index in [1.807, 2.05) is 0 Å². The van der Waals surface area contributed by atoms with Crippen LogP contribution in [0.15, 0.2) is 17.0 Å². The summed E-state index contributed by atoms with van der Waals surface area (Å²) in [5.74, 6) is 0. The molecule has 1 aromatic carbocycles.